The Labute approximate surface area is 151 Å². The van der Waals surface area contributed by atoms with Gasteiger partial charge >= 0.3 is 0 Å². The molecule has 2 aliphatic rings. The molecule has 1 fully saturated rings. The number of aromatic nitrogens is 2. The summed E-state index contributed by atoms with van der Waals surface area (Å²) in [5.41, 5.74) is 3.08. The van der Waals surface area contributed by atoms with Gasteiger partial charge in [-0.3, -0.25) is 4.79 Å². The van der Waals surface area contributed by atoms with Gasteiger partial charge in [0.25, 0.3) is 0 Å². The molecule has 2 aromatic carbocycles. The Morgan fingerprint density at radius 1 is 1.15 bits per heavy atom. The number of hydrogen-bond acceptors (Lipinski definition) is 4. The van der Waals surface area contributed by atoms with Crippen LogP contribution in [0.1, 0.15) is 18.0 Å². The van der Waals surface area contributed by atoms with E-state index in [1.807, 2.05) is 47.6 Å². The zero-order valence-electron chi connectivity index (χ0n) is 14.3. The van der Waals surface area contributed by atoms with E-state index in [4.69, 9.17) is 9.47 Å². The molecule has 6 heteroatoms. The molecule has 6 nitrogen and oxygen atoms in total. The molecule has 0 unspecified atom stereocenters. The van der Waals surface area contributed by atoms with Crippen molar-refractivity contribution in [2.45, 2.75) is 18.9 Å². The Bertz CT molecular complexity index is 981. The van der Waals surface area contributed by atoms with E-state index in [2.05, 4.69) is 15.6 Å². The molecule has 3 aromatic rings. The van der Waals surface area contributed by atoms with E-state index in [1.54, 1.807) is 0 Å². The van der Waals surface area contributed by atoms with Crippen LogP contribution >= 0.6 is 0 Å². The molecule has 1 amide bonds. The number of imidazole rings is 1. The summed E-state index contributed by atoms with van der Waals surface area (Å²) < 4.78 is 12.9. The van der Waals surface area contributed by atoms with Crippen molar-refractivity contribution < 1.29 is 14.3 Å². The number of rotatable bonds is 3. The summed E-state index contributed by atoms with van der Waals surface area (Å²) in [6.45, 7) is 1.75. The Hall–Kier alpha value is -3.02. The molecule has 0 radical (unpaired) electrons. The Morgan fingerprint density at radius 2 is 2.04 bits per heavy atom. The first-order valence-electron chi connectivity index (χ1n) is 8.86. The van der Waals surface area contributed by atoms with Gasteiger partial charge in [0, 0.05) is 13.1 Å². The van der Waals surface area contributed by atoms with Gasteiger partial charge in [-0.05, 0) is 36.2 Å². The van der Waals surface area contributed by atoms with Gasteiger partial charge in [-0.25, -0.2) is 4.98 Å². The molecule has 0 N–H and O–H groups in total. The van der Waals surface area contributed by atoms with Crippen LogP contribution < -0.4 is 9.47 Å². The lowest BCUT2D eigenvalue weighted by Gasteiger charge is -2.17. The minimum absolute atomic E-state index is 0.149. The molecule has 3 heterocycles. The molecule has 0 aliphatic carbocycles. The van der Waals surface area contributed by atoms with Gasteiger partial charge in [-0.15, -0.1) is 0 Å². The summed E-state index contributed by atoms with van der Waals surface area (Å²) in [4.78, 5) is 19.1. The number of likely N-dealkylation sites (tertiary alicyclic amines) is 1. The minimum atomic E-state index is 0.149. The van der Waals surface area contributed by atoms with Crippen LogP contribution in [0.25, 0.3) is 11.0 Å². The predicted octanol–water partition coefficient (Wildman–Crippen LogP) is 2.78. The van der Waals surface area contributed by atoms with Gasteiger partial charge in [0.15, 0.2) is 11.5 Å². The second-order valence-corrected chi connectivity index (χ2v) is 6.79. The maximum atomic E-state index is 12.7. The van der Waals surface area contributed by atoms with Crippen LogP contribution in [-0.2, 0) is 11.2 Å². The standard InChI is InChI=1S/C20H19N3O3/c24-20(10-14-5-6-18-19(9-14)26-13-25-18)22-8-7-15(11-22)23-12-21-16-3-1-2-4-17(16)23/h1-6,9,12,15H,7-8,10-11,13H2/t15-/m1/s1. The fourth-order valence-electron chi connectivity index (χ4n) is 3.80. The van der Waals surface area contributed by atoms with Gasteiger partial charge in [0.05, 0.1) is 29.8 Å². The monoisotopic (exact) mass is 349 g/mol. The number of amides is 1. The third-order valence-electron chi connectivity index (χ3n) is 5.18. The van der Waals surface area contributed by atoms with E-state index in [1.165, 1.54) is 0 Å². The molecular formula is C20H19N3O3. The second-order valence-electron chi connectivity index (χ2n) is 6.79. The Morgan fingerprint density at radius 3 is 3.00 bits per heavy atom. The molecule has 2 aliphatic heterocycles. The summed E-state index contributed by atoms with van der Waals surface area (Å²) in [6, 6.07) is 14.1. The molecule has 5 rings (SSSR count). The highest BCUT2D eigenvalue weighted by Crippen LogP contribution is 2.33. The van der Waals surface area contributed by atoms with Crippen LogP contribution in [0.5, 0.6) is 11.5 Å². The highest BCUT2D eigenvalue weighted by Gasteiger charge is 2.28. The summed E-state index contributed by atoms with van der Waals surface area (Å²) in [7, 11) is 0. The lowest BCUT2D eigenvalue weighted by molar-refractivity contribution is -0.129. The normalized spacial score (nSPS) is 18.6. The summed E-state index contributed by atoms with van der Waals surface area (Å²) in [6.07, 6.45) is 3.22. The Balaban J connectivity index is 1.29. The molecule has 0 spiro atoms. The van der Waals surface area contributed by atoms with E-state index in [-0.39, 0.29) is 18.7 Å². The van der Waals surface area contributed by atoms with Gasteiger partial charge in [0.2, 0.25) is 12.7 Å². The maximum absolute atomic E-state index is 12.7. The molecule has 0 saturated carbocycles. The number of carbonyl (C=O) groups excluding carboxylic acids is 1. The first kappa shape index (κ1) is 15.3. The molecular weight excluding hydrogens is 330 g/mol. The number of nitrogens with zero attached hydrogens (tertiary/aromatic N) is 3. The smallest absolute Gasteiger partial charge is 0.231 e. The fraction of sp³-hybridized carbons (Fsp3) is 0.300. The van der Waals surface area contributed by atoms with Crippen LogP contribution in [0.15, 0.2) is 48.8 Å². The zero-order chi connectivity index (χ0) is 17.5. The molecule has 1 atom stereocenters. The van der Waals surface area contributed by atoms with Crippen LogP contribution in [0.4, 0.5) is 0 Å². The number of fused-ring (bicyclic) bond motifs is 2. The second kappa shape index (κ2) is 6.05. The van der Waals surface area contributed by atoms with E-state index in [0.717, 1.165) is 47.6 Å². The lowest BCUT2D eigenvalue weighted by atomic mass is 10.1. The first-order chi connectivity index (χ1) is 12.8. The maximum Gasteiger partial charge on any atom is 0.231 e. The molecule has 132 valence electrons. The topological polar surface area (TPSA) is 56.6 Å². The summed E-state index contributed by atoms with van der Waals surface area (Å²) in [5, 5.41) is 0. The van der Waals surface area contributed by atoms with Gasteiger partial charge in [-0.2, -0.15) is 0 Å². The number of hydrogen-bond donors (Lipinski definition) is 0. The van der Waals surface area contributed by atoms with Crippen LogP contribution in [0.3, 0.4) is 0 Å². The van der Waals surface area contributed by atoms with E-state index in [9.17, 15) is 4.79 Å². The number of carbonyl (C=O) groups is 1. The average molecular weight is 349 g/mol. The molecule has 1 saturated heterocycles. The zero-order valence-corrected chi connectivity index (χ0v) is 14.3. The van der Waals surface area contributed by atoms with E-state index in [0.29, 0.717) is 6.42 Å². The van der Waals surface area contributed by atoms with Crippen molar-refractivity contribution in [3.63, 3.8) is 0 Å². The van der Waals surface area contributed by atoms with Crippen molar-refractivity contribution in [2.75, 3.05) is 19.9 Å². The van der Waals surface area contributed by atoms with E-state index < -0.39 is 0 Å². The molecule has 26 heavy (non-hydrogen) atoms. The van der Waals surface area contributed by atoms with Crippen LogP contribution in [0, 0.1) is 0 Å². The minimum Gasteiger partial charge on any atom is -0.454 e. The predicted molar refractivity (Wildman–Crippen MR) is 96.2 cm³/mol. The van der Waals surface area contributed by atoms with E-state index >= 15 is 0 Å². The average Bonchev–Trinajstić information content (AvgIpc) is 3.39. The van der Waals surface area contributed by atoms with Gasteiger partial charge in [-0.1, -0.05) is 18.2 Å². The van der Waals surface area contributed by atoms with Crippen LogP contribution in [0.2, 0.25) is 0 Å². The van der Waals surface area contributed by atoms with Crippen molar-refractivity contribution in [2.24, 2.45) is 0 Å². The Kier molecular flexibility index (Phi) is 3.55. The number of benzene rings is 2. The van der Waals surface area contributed by atoms with Gasteiger partial charge in [0.1, 0.15) is 0 Å². The SMILES string of the molecule is O=C(Cc1ccc2c(c1)OCO2)N1CC[C@@H](n2cnc3ccccc32)C1. The van der Waals surface area contributed by atoms with Crippen LogP contribution in [-0.4, -0.2) is 40.2 Å². The van der Waals surface area contributed by atoms with Crippen molar-refractivity contribution in [3.8, 4) is 11.5 Å². The third-order valence-corrected chi connectivity index (χ3v) is 5.18. The third kappa shape index (κ3) is 2.58. The van der Waals surface area contributed by atoms with Crippen molar-refractivity contribution in [1.29, 1.82) is 0 Å². The van der Waals surface area contributed by atoms with Crippen molar-refractivity contribution in [3.05, 3.63) is 54.4 Å². The molecule has 1 aromatic heterocycles. The van der Waals surface area contributed by atoms with Gasteiger partial charge < -0.3 is 18.9 Å². The first-order valence-corrected chi connectivity index (χ1v) is 8.86. The summed E-state index contributed by atoms with van der Waals surface area (Å²) in [5.74, 6) is 1.62. The fourth-order valence-corrected chi connectivity index (χ4v) is 3.80. The highest BCUT2D eigenvalue weighted by atomic mass is 16.7. The lowest BCUT2D eigenvalue weighted by Crippen LogP contribution is -2.30. The van der Waals surface area contributed by atoms with Crippen molar-refractivity contribution in [1.82, 2.24) is 14.5 Å². The van der Waals surface area contributed by atoms with Crippen molar-refractivity contribution >= 4 is 16.9 Å². The molecule has 0 bridgehead atoms. The number of ether oxygens (including phenoxy) is 2. The quantitative estimate of drug-likeness (QED) is 0.730. The highest BCUT2D eigenvalue weighted by molar-refractivity contribution is 5.79. The number of para-hydroxylation sites is 2. The largest absolute Gasteiger partial charge is 0.454 e. The summed E-state index contributed by atoms with van der Waals surface area (Å²) >= 11 is 0.